The Hall–Kier alpha value is -1.88. The molecule has 5 nitrogen and oxygen atoms in total. The second-order valence-electron chi connectivity index (χ2n) is 7.02. The number of carbonyl (C=O) groups excluding carboxylic acids is 2. The molecule has 1 fully saturated rings. The molecule has 132 valence electrons. The molecule has 0 atom stereocenters. The Balaban J connectivity index is 1.72. The van der Waals surface area contributed by atoms with Crippen molar-refractivity contribution in [1.82, 2.24) is 15.1 Å². The number of hydrogen-bond acceptors (Lipinski definition) is 3. The van der Waals surface area contributed by atoms with Gasteiger partial charge < -0.3 is 10.2 Å². The fraction of sp³-hybridized carbons (Fsp3) is 0.579. The maximum Gasteiger partial charge on any atom is 0.234 e. The van der Waals surface area contributed by atoms with Crippen molar-refractivity contribution in [1.29, 1.82) is 0 Å². The molecule has 1 aromatic carbocycles. The molecule has 1 aromatic rings. The normalized spacial score (nSPS) is 15.6. The zero-order chi connectivity index (χ0) is 17.5. The number of aryl methyl sites for hydroxylation is 1. The molecule has 1 heterocycles. The van der Waals surface area contributed by atoms with Crippen LogP contribution in [-0.4, -0.2) is 60.9 Å². The first-order valence-electron chi connectivity index (χ1n) is 8.76. The van der Waals surface area contributed by atoms with Gasteiger partial charge in [-0.15, -0.1) is 0 Å². The van der Waals surface area contributed by atoms with E-state index in [1.54, 1.807) is 0 Å². The van der Waals surface area contributed by atoms with E-state index in [2.05, 4.69) is 24.1 Å². The number of hydrogen-bond donors (Lipinski definition) is 1. The minimum Gasteiger partial charge on any atom is -0.355 e. The SMILES string of the molecule is Cc1ccc(CC(=O)N2CCN(CC(=O)NCC(C)C)CC2)cc1. The van der Waals surface area contributed by atoms with E-state index >= 15 is 0 Å². The van der Waals surface area contributed by atoms with Crippen LogP contribution in [0.3, 0.4) is 0 Å². The standard InChI is InChI=1S/C19H29N3O2/c1-15(2)13-20-18(23)14-21-8-10-22(11-9-21)19(24)12-17-6-4-16(3)5-7-17/h4-7,15H,8-14H2,1-3H3,(H,20,23). The molecule has 0 unspecified atom stereocenters. The number of nitrogens with zero attached hydrogens (tertiary/aromatic N) is 2. The summed E-state index contributed by atoms with van der Waals surface area (Å²) in [6.07, 6.45) is 0.454. The summed E-state index contributed by atoms with van der Waals surface area (Å²) >= 11 is 0. The third-order valence-electron chi connectivity index (χ3n) is 4.28. The van der Waals surface area contributed by atoms with E-state index in [0.717, 1.165) is 18.7 Å². The Morgan fingerprint density at radius 3 is 2.29 bits per heavy atom. The monoisotopic (exact) mass is 331 g/mol. The maximum atomic E-state index is 12.4. The molecule has 1 aliphatic rings. The van der Waals surface area contributed by atoms with E-state index in [1.165, 1.54) is 5.56 Å². The average molecular weight is 331 g/mol. The van der Waals surface area contributed by atoms with Crippen LogP contribution in [0.5, 0.6) is 0 Å². The van der Waals surface area contributed by atoms with Crippen LogP contribution >= 0.6 is 0 Å². The average Bonchev–Trinajstić information content (AvgIpc) is 2.55. The lowest BCUT2D eigenvalue weighted by atomic mass is 10.1. The number of carbonyl (C=O) groups is 2. The van der Waals surface area contributed by atoms with Gasteiger partial charge in [-0.2, -0.15) is 0 Å². The Bertz CT molecular complexity index is 546. The fourth-order valence-corrected chi connectivity index (χ4v) is 2.72. The van der Waals surface area contributed by atoms with Crippen LogP contribution < -0.4 is 5.32 Å². The van der Waals surface area contributed by atoms with Crippen molar-refractivity contribution >= 4 is 11.8 Å². The number of amides is 2. The summed E-state index contributed by atoms with van der Waals surface area (Å²) in [4.78, 5) is 28.3. The summed E-state index contributed by atoms with van der Waals surface area (Å²) in [5.41, 5.74) is 2.26. The molecule has 0 radical (unpaired) electrons. The highest BCUT2D eigenvalue weighted by atomic mass is 16.2. The van der Waals surface area contributed by atoms with Crippen molar-refractivity contribution in [3.63, 3.8) is 0 Å². The zero-order valence-electron chi connectivity index (χ0n) is 15.0. The number of nitrogens with one attached hydrogen (secondary N) is 1. The highest BCUT2D eigenvalue weighted by Gasteiger charge is 2.22. The molecule has 5 heteroatoms. The van der Waals surface area contributed by atoms with Crippen molar-refractivity contribution in [2.45, 2.75) is 27.2 Å². The zero-order valence-corrected chi connectivity index (χ0v) is 15.0. The van der Waals surface area contributed by atoms with E-state index in [9.17, 15) is 9.59 Å². The Kier molecular flexibility index (Phi) is 6.79. The van der Waals surface area contributed by atoms with Gasteiger partial charge in [0.2, 0.25) is 11.8 Å². The predicted molar refractivity (Wildman–Crippen MR) is 95.8 cm³/mol. The van der Waals surface area contributed by atoms with Crippen molar-refractivity contribution in [3.05, 3.63) is 35.4 Å². The van der Waals surface area contributed by atoms with E-state index < -0.39 is 0 Å². The van der Waals surface area contributed by atoms with Gasteiger partial charge in [-0.3, -0.25) is 14.5 Å². The number of benzene rings is 1. The Labute approximate surface area is 145 Å². The van der Waals surface area contributed by atoms with Gasteiger partial charge in [0.1, 0.15) is 0 Å². The van der Waals surface area contributed by atoms with E-state index in [4.69, 9.17) is 0 Å². The van der Waals surface area contributed by atoms with Crippen LogP contribution in [0.2, 0.25) is 0 Å². The highest BCUT2D eigenvalue weighted by molar-refractivity contribution is 5.79. The van der Waals surface area contributed by atoms with E-state index in [1.807, 2.05) is 36.1 Å². The topological polar surface area (TPSA) is 52.7 Å². The van der Waals surface area contributed by atoms with Gasteiger partial charge in [0, 0.05) is 32.7 Å². The molecule has 0 spiro atoms. The van der Waals surface area contributed by atoms with Gasteiger partial charge in [-0.25, -0.2) is 0 Å². The lowest BCUT2D eigenvalue weighted by molar-refractivity contribution is -0.132. The summed E-state index contributed by atoms with van der Waals surface area (Å²) in [6.45, 7) is 10.3. The van der Waals surface area contributed by atoms with Gasteiger partial charge in [0.15, 0.2) is 0 Å². The number of rotatable bonds is 6. The fourth-order valence-electron chi connectivity index (χ4n) is 2.72. The van der Waals surface area contributed by atoms with Gasteiger partial charge in [-0.05, 0) is 18.4 Å². The van der Waals surface area contributed by atoms with Gasteiger partial charge >= 0.3 is 0 Å². The summed E-state index contributed by atoms with van der Waals surface area (Å²) in [7, 11) is 0. The number of piperazine rings is 1. The van der Waals surface area contributed by atoms with Crippen LogP contribution in [0.25, 0.3) is 0 Å². The minimum absolute atomic E-state index is 0.0723. The lowest BCUT2D eigenvalue weighted by Gasteiger charge is -2.34. The van der Waals surface area contributed by atoms with Crippen molar-refractivity contribution in [2.75, 3.05) is 39.3 Å². The molecule has 0 bridgehead atoms. The molecular formula is C19H29N3O2. The summed E-state index contributed by atoms with van der Waals surface area (Å²) in [5, 5.41) is 2.94. The molecule has 0 aromatic heterocycles. The predicted octanol–water partition coefficient (Wildman–Crippen LogP) is 1.45. The molecule has 24 heavy (non-hydrogen) atoms. The summed E-state index contributed by atoms with van der Waals surface area (Å²) in [5.74, 6) is 0.705. The van der Waals surface area contributed by atoms with Crippen molar-refractivity contribution in [3.8, 4) is 0 Å². The third-order valence-corrected chi connectivity index (χ3v) is 4.28. The van der Waals surface area contributed by atoms with Crippen LogP contribution in [-0.2, 0) is 16.0 Å². The second kappa shape index (κ2) is 8.83. The molecule has 1 saturated heterocycles. The first-order valence-corrected chi connectivity index (χ1v) is 8.76. The molecule has 1 N–H and O–H groups in total. The minimum atomic E-state index is 0.0723. The van der Waals surface area contributed by atoms with Gasteiger partial charge in [0.25, 0.3) is 0 Å². The lowest BCUT2D eigenvalue weighted by Crippen LogP contribution is -2.51. The molecule has 0 aliphatic carbocycles. The van der Waals surface area contributed by atoms with E-state index in [-0.39, 0.29) is 11.8 Å². The van der Waals surface area contributed by atoms with Crippen LogP contribution in [0.15, 0.2) is 24.3 Å². The first kappa shape index (κ1) is 18.5. The second-order valence-corrected chi connectivity index (χ2v) is 7.02. The van der Waals surface area contributed by atoms with Crippen LogP contribution in [0.1, 0.15) is 25.0 Å². The smallest absolute Gasteiger partial charge is 0.234 e. The maximum absolute atomic E-state index is 12.4. The highest BCUT2D eigenvalue weighted by Crippen LogP contribution is 2.08. The largest absolute Gasteiger partial charge is 0.355 e. The Morgan fingerprint density at radius 1 is 1.08 bits per heavy atom. The molecule has 0 saturated carbocycles. The molecular weight excluding hydrogens is 302 g/mol. The Morgan fingerprint density at radius 2 is 1.71 bits per heavy atom. The van der Waals surface area contributed by atoms with Crippen molar-refractivity contribution in [2.24, 2.45) is 5.92 Å². The molecule has 2 rings (SSSR count). The third kappa shape index (κ3) is 5.96. The quantitative estimate of drug-likeness (QED) is 0.858. The van der Waals surface area contributed by atoms with Gasteiger partial charge in [-0.1, -0.05) is 43.7 Å². The molecule has 2 amide bonds. The van der Waals surface area contributed by atoms with Crippen LogP contribution in [0, 0.1) is 12.8 Å². The van der Waals surface area contributed by atoms with Crippen molar-refractivity contribution < 1.29 is 9.59 Å². The first-order chi connectivity index (χ1) is 11.4. The summed E-state index contributed by atoms with van der Waals surface area (Å²) in [6, 6.07) is 8.11. The summed E-state index contributed by atoms with van der Waals surface area (Å²) < 4.78 is 0. The van der Waals surface area contributed by atoms with Crippen LogP contribution in [0.4, 0.5) is 0 Å². The molecule has 1 aliphatic heterocycles. The van der Waals surface area contributed by atoms with Gasteiger partial charge in [0.05, 0.1) is 13.0 Å². The van der Waals surface area contributed by atoms with E-state index in [0.29, 0.717) is 38.5 Å².